The van der Waals surface area contributed by atoms with E-state index in [0.29, 0.717) is 25.3 Å². The van der Waals surface area contributed by atoms with Gasteiger partial charge in [0.25, 0.3) is 5.91 Å². The molecule has 3 rings (SSSR count). The van der Waals surface area contributed by atoms with Crippen molar-refractivity contribution in [1.29, 1.82) is 0 Å². The van der Waals surface area contributed by atoms with Gasteiger partial charge in [-0.15, -0.1) is 0 Å². The zero-order chi connectivity index (χ0) is 17.6. The zero-order valence-corrected chi connectivity index (χ0v) is 14.3. The van der Waals surface area contributed by atoms with Crippen molar-refractivity contribution in [2.24, 2.45) is 0 Å². The predicted molar refractivity (Wildman–Crippen MR) is 93.1 cm³/mol. The number of pyridine rings is 1. The Morgan fingerprint density at radius 2 is 2.12 bits per heavy atom. The number of ether oxygens (including phenoxy) is 3. The summed E-state index contributed by atoms with van der Waals surface area (Å²) in [6, 6.07) is 9.48. The smallest absolute Gasteiger partial charge is 0.252 e. The normalized spacial score (nSPS) is 12.1. The van der Waals surface area contributed by atoms with Crippen LogP contribution in [0.15, 0.2) is 36.5 Å². The van der Waals surface area contributed by atoms with Crippen LogP contribution in [0.1, 0.15) is 15.9 Å². The molecule has 25 heavy (non-hydrogen) atoms. The van der Waals surface area contributed by atoms with Crippen molar-refractivity contribution < 1.29 is 19.0 Å². The lowest BCUT2D eigenvalue weighted by Crippen LogP contribution is -2.27. The van der Waals surface area contributed by atoms with Gasteiger partial charge in [0.15, 0.2) is 11.5 Å². The molecule has 0 bridgehead atoms. The Morgan fingerprint density at radius 3 is 2.88 bits per heavy atom. The second kappa shape index (κ2) is 7.85. The maximum absolute atomic E-state index is 12.0. The topological polar surface area (TPSA) is 72.9 Å². The Labute approximate surface area is 146 Å². The number of amides is 1. The maximum Gasteiger partial charge on any atom is 0.252 e. The summed E-state index contributed by atoms with van der Waals surface area (Å²) in [5.41, 5.74) is 1.62. The van der Waals surface area contributed by atoms with Crippen molar-refractivity contribution >= 4 is 11.7 Å². The van der Waals surface area contributed by atoms with Gasteiger partial charge < -0.3 is 24.4 Å². The Hall–Kier alpha value is -2.80. The number of anilines is 1. The molecule has 132 valence electrons. The van der Waals surface area contributed by atoms with Crippen molar-refractivity contribution in [3.8, 4) is 11.5 Å². The Bertz CT molecular complexity index is 734. The summed E-state index contributed by atoms with van der Waals surface area (Å²) in [7, 11) is 3.55. The number of hydrogen-bond acceptors (Lipinski definition) is 6. The van der Waals surface area contributed by atoms with Gasteiger partial charge in [-0.25, -0.2) is 4.98 Å². The van der Waals surface area contributed by atoms with Crippen LogP contribution in [0.4, 0.5) is 5.82 Å². The van der Waals surface area contributed by atoms with Crippen LogP contribution in [0.5, 0.6) is 11.5 Å². The quantitative estimate of drug-likeness (QED) is 0.773. The second-order valence-electron chi connectivity index (χ2n) is 5.70. The zero-order valence-electron chi connectivity index (χ0n) is 14.3. The van der Waals surface area contributed by atoms with Gasteiger partial charge in [-0.2, -0.15) is 0 Å². The van der Waals surface area contributed by atoms with Gasteiger partial charge in [0.2, 0.25) is 6.79 Å². The molecule has 0 radical (unpaired) electrons. The van der Waals surface area contributed by atoms with Gasteiger partial charge >= 0.3 is 0 Å². The van der Waals surface area contributed by atoms with Crippen molar-refractivity contribution in [2.45, 2.75) is 6.54 Å². The van der Waals surface area contributed by atoms with Gasteiger partial charge in [-0.3, -0.25) is 4.79 Å². The third-order valence-electron chi connectivity index (χ3n) is 3.85. The number of carbonyl (C=O) groups excluding carboxylic acids is 1. The number of rotatable bonds is 7. The molecule has 0 saturated heterocycles. The number of fused-ring (bicyclic) bond motifs is 1. The van der Waals surface area contributed by atoms with Crippen LogP contribution in [0.3, 0.4) is 0 Å². The lowest BCUT2D eigenvalue weighted by Gasteiger charge is -2.18. The monoisotopic (exact) mass is 343 g/mol. The van der Waals surface area contributed by atoms with Crippen LogP contribution in [-0.2, 0) is 11.3 Å². The first kappa shape index (κ1) is 17.0. The first-order valence-corrected chi connectivity index (χ1v) is 8.00. The molecule has 1 aliphatic heterocycles. The van der Waals surface area contributed by atoms with E-state index in [-0.39, 0.29) is 12.7 Å². The molecule has 2 heterocycles. The molecule has 1 aromatic heterocycles. The van der Waals surface area contributed by atoms with E-state index in [1.807, 2.05) is 36.2 Å². The highest BCUT2D eigenvalue weighted by atomic mass is 16.7. The molecule has 1 N–H and O–H groups in total. The summed E-state index contributed by atoms with van der Waals surface area (Å²) in [6.07, 6.45) is 1.58. The molecule has 7 nitrogen and oxygen atoms in total. The Kier molecular flexibility index (Phi) is 5.35. The maximum atomic E-state index is 12.0. The summed E-state index contributed by atoms with van der Waals surface area (Å²) >= 11 is 0. The molecule has 0 fully saturated rings. The molecule has 7 heteroatoms. The van der Waals surface area contributed by atoms with E-state index >= 15 is 0 Å². The number of hydrogen-bond donors (Lipinski definition) is 1. The number of carbonyl (C=O) groups is 1. The number of benzene rings is 1. The highest BCUT2D eigenvalue weighted by Gasteiger charge is 2.14. The minimum absolute atomic E-state index is 0.158. The molecule has 0 saturated carbocycles. The lowest BCUT2D eigenvalue weighted by molar-refractivity contribution is 0.0936. The van der Waals surface area contributed by atoms with Crippen LogP contribution in [-0.4, -0.2) is 45.0 Å². The fourth-order valence-corrected chi connectivity index (χ4v) is 2.51. The van der Waals surface area contributed by atoms with E-state index in [9.17, 15) is 4.79 Å². The first-order chi connectivity index (χ1) is 12.2. The summed E-state index contributed by atoms with van der Waals surface area (Å²) in [4.78, 5) is 18.3. The summed E-state index contributed by atoms with van der Waals surface area (Å²) in [5, 5.41) is 2.77. The summed E-state index contributed by atoms with van der Waals surface area (Å²) < 4.78 is 15.6. The van der Waals surface area contributed by atoms with Crippen LogP contribution < -0.4 is 19.7 Å². The largest absolute Gasteiger partial charge is 0.454 e. The second-order valence-corrected chi connectivity index (χ2v) is 5.70. The third kappa shape index (κ3) is 4.19. The molecular weight excluding hydrogens is 322 g/mol. The van der Waals surface area contributed by atoms with E-state index in [2.05, 4.69) is 10.3 Å². The molecule has 0 unspecified atom stereocenters. The van der Waals surface area contributed by atoms with E-state index in [4.69, 9.17) is 14.2 Å². The van der Waals surface area contributed by atoms with Crippen molar-refractivity contribution in [3.05, 3.63) is 47.7 Å². The molecule has 1 amide bonds. The van der Waals surface area contributed by atoms with Crippen molar-refractivity contribution in [2.75, 3.05) is 39.0 Å². The Balaban J connectivity index is 1.60. The van der Waals surface area contributed by atoms with Gasteiger partial charge in [-0.05, 0) is 29.8 Å². The van der Waals surface area contributed by atoms with Gasteiger partial charge in [0.1, 0.15) is 5.82 Å². The highest BCUT2D eigenvalue weighted by molar-refractivity contribution is 5.94. The van der Waals surface area contributed by atoms with Crippen LogP contribution >= 0.6 is 0 Å². The molecule has 0 spiro atoms. The van der Waals surface area contributed by atoms with Crippen LogP contribution in [0.25, 0.3) is 0 Å². The molecule has 0 aliphatic carbocycles. The fraction of sp³-hybridized carbons (Fsp3) is 0.333. The fourth-order valence-electron chi connectivity index (χ4n) is 2.51. The molecule has 1 aliphatic rings. The van der Waals surface area contributed by atoms with Crippen LogP contribution in [0.2, 0.25) is 0 Å². The van der Waals surface area contributed by atoms with Crippen LogP contribution in [0, 0.1) is 0 Å². The average Bonchev–Trinajstić information content (AvgIpc) is 3.09. The average molecular weight is 343 g/mol. The van der Waals surface area contributed by atoms with Crippen molar-refractivity contribution in [1.82, 2.24) is 10.3 Å². The standard InChI is InChI=1S/C18H21N3O4/c1-21(11-13-3-5-15-16(9-13)25-12-24-15)17-6-4-14(10-20-17)18(22)19-7-8-23-2/h3-6,9-10H,7-8,11-12H2,1-2H3,(H,19,22). The minimum Gasteiger partial charge on any atom is -0.454 e. The number of methoxy groups -OCH3 is 1. The highest BCUT2D eigenvalue weighted by Crippen LogP contribution is 2.32. The van der Waals surface area contributed by atoms with Gasteiger partial charge in [-0.1, -0.05) is 6.07 Å². The van der Waals surface area contributed by atoms with E-state index in [1.54, 1.807) is 19.4 Å². The van der Waals surface area contributed by atoms with Gasteiger partial charge in [0, 0.05) is 33.4 Å². The summed E-state index contributed by atoms with van der Waals surface area (Å²) in [6.45, 7) is 1.89. The first-order valence-electron chi connectivity index (χ1n) is 8.00. The summed E-state index contributed by atoms with van der Waals surface area (Å²) in [5.74, 6) is 2.16. The molecule has 0 atom stereocenters. The van der Waals surface area contributed by atoms with Gasteiger partial charge in [0.05, 0.1) is 12.2 Å². The predicted octanol–water partition coefficient (Wildman–Crippen LogP) is 1.82. The number of nitrogens with one attached hydrogen (secondary N) is 1. The minimum atomic E-state index is -0.158. The Morgan fingerprint density at radius 1 is 1.28 bits per heavy atom. The van der Waals surface area contributed by atoms with E-state index in [1.165, 1.54) is 0 Å². The molecule has 1 aromatic carbocycles. The van der Waals surface area contributed by atoms with E-state index in [0.717, 1.165) is 22.9 Å². The third-order valence-corrected chi connectivity index (χ3v) is 3.85. The van der Waals surface area contributed by atoms with E-state index < -0.39 is 0 Å². The SMILES string of the molecule is COCCNC(=O)c1ccc(N(C)Cc2ccc3c(c2)OCO3)nc1. The number of aromatic nitrogens is 1. The molecular formula is C18H21N3O4. The molecule has 2 aromatic rings. The number of nitrogens with zero attached hydrogens (tertiary/aromatic N) is 2. The van der Waals surface area contributed by atoms with Crippen molar-refractivity contribution in [3.63, 3.8) is 0 Å². The lowest BCUT2D eigenvalue weighted by atomic mass is 10.2.